The number of anilines is 1. The number of hydrogen-bond acceptors (Lipinski definition) is 5. The van der Waals surface area contributed by atoms with Gasteiger partial charge in [-0.3, -0.25) is 19.2 Å². The smallest absolute Gasteiger partial charge is 0.253 e. The van der Waals surface area contributed by atoms with Gasteiger partial charge in [-0.05, 0) is 73.4 Å². The lowest BCUT2D eigenvalue weighted by atomic mass is 9.96. The van der Waals surface area contributed by atoms with Crippen LogP contribution in [0.25, 0.3) is 33.5 Å². The molecule has 0 fully saturated rings. The topological polar surface area (TPSA) is 163 Å². The van der Waals surface area contributed by atoms with Gasteiger partial charge in [-0.15, -0.1) is 0 Å². The predicted molar refractivity (Wildman–Crippen MR) is 167 cm³/mol. The third-order valence-corrected chi connectivity index (χ3v) is 7.44. The number of H-pyrrole nitrogens is 2. The van der Waals surface area contributed by atoms with Crippen molar-refractivity contribution in [1.29, 1.82) is 0 Å². The minimum absolute atomic E-state index is 0.0598. The zero-order valence-corrected chi connectivity index (χ0v) is 24.3. The molecule has 0 spiro atoms. The first-order chi connectivity index (χ1) is 20.5. The third-order valence-electron chi connectivity index (χ3n) is 7.44. The Hall–Kier alpha value is -5.51. The van der Waals surface area contributed by atoms with Gasteiger partial charge in [-0.2, -0.15) is 0 Å². The number of hydrogen-bond donors (Lipinski definition) is 5. The van der Waals surface area contributed by atoms with Crippen molar-refractivity contribution in [3.63, 3.8) is 0 Å². The molecule has 0 aliphatic carbocycles. The number of nitrogens with zero attached hydrogens (tertiary/aromatic N) is 1. The first-order valence-electron chi connectivity index (χ1n) is 13.9. The number of carbonyl (C=O) groups is 3. The van der Waals surface area contributed by atoms with Gasteiger partial charge in [0.25, 0.3) is 17.4 Å². The van der Waals surface area contributed by atoms with Crippen LogP contribution in [-0.2, 0) is 11.3 Å². The van der Waals surface area contributed by atoms with Gasteiger partial charge in [0.15, 0.2) is 0 Å². The van der Waals surface area contributed by atoms with Crippen LogP contribution in [0.15, 0.2) is 65.5 Å². The van der Waals surface area contributed by atoms with Gasteiger partial charge in [-0.1, -0.05) is 37.3 Å². The average molecular weight is 577 g/mol. The quantitative estimate of drug-likeness (QED) is 0.177. The summed E-state index contributed by atoms with van der Waals surface area (Å²) < 4.78 is 0. The number of carbonyl (C=O) groups excluding carboxylic acids is 3. The van der Waals surface area contributed by atoms with Crippen LogP contribution in [0.2, 0.25) is 0 Å². The number of benzene rings is 3. The molecule has 0 unspecified atom stereocenters. The number of amides is 3. The molecule has 10 heteroatoms. The Morgan fingerprint density at radius 2 is 1.60 bits per heavy atom. The minimum Gasteiger partial charge on any atom is -0.366 e. The fraction of sp³-hybridized carbons (Fsp3) is 0.182. The highest BCUT2D eigenvalue weighted by molar-refractivity contribution is 6.04. The largest absolute Gasteiger partial charge is 0.366 e. The van der Waals surface area contributed by atoms with Gasteiger partial charge < -0.3 is 26.3 Å². The Balaban J connectivity index is 1.48. The molecule has 2 aromatic heterocycles. The summed E-state index contributed by atoms with van der Waals surface area (Å²) in [6.07, 6.45) is 0.282. The molecule has 0 aliphatic rings. The van der Waals surface area contributed by atoms with Crippen molar-refractivity contribution >= 4 is 34.4 Å². The second-order valence-electron chi connectivity index (χ2n) is 10.5. The molecule has 2 heterocycles. The van der Waals surface area contributed by atoms with E-state index in [0.717, 1.165) is 27.9 Å². The standard InChI is InChI=1S/C33H32N6O4/c1-5-28(40)37-27-15-22(14-24(19(27)4)32(42)35-16-25-17(2)13-18(3)36-33(25)43)20-9-11-21(12-10-20)31-38-26-8-6-7-23(30(34)41)29(26)39-31/h6-15H,5,16H2,1-4H3,(H2,34,41)(H,35,42)(H,36,43)(H,37,40)(H,38,39). The van der Waals surface area contributed by atoms with Crippen LogP contribution in [0.4, 0.5) is 5.69 Å². The van der Waals surface area contributed by atoms with Gasteiger partial charge in [-0.25, -0.2) is 4.98 Å². The zero-order valence-electron chi connectivity index (χ0n) is 24.3. The van der Waals surface area contributed by atoms with Crippen molar-refractivity contribution in [2.45, 2.75) is 40.7 Å². The molecule has 0 saturated heterocycles. The molecular weight excluding hydrogens is 544 g/mol. The molecule has 3 amide bonds. The van der Waals surface area contributed by atoms with Crippen LogP contribution in [0.5, 0.6) is 0 Å². The van der Waals surface area contributed by atoms with Gasteiger partial charge in [0.2, 0.25) is 5.91 Å². The lowest BCUT2D eigenvalue weighted by Crippen LogP contribution is -2.28. The molecule has 218 valence electrons. The molecule has 3 aromatic carbocycles. The highest BCUT2D eigenvalue weighted by atomic mass is 16.2. The number of pyridine rings is 1. The average Bonchev–Trinajstić information content (AvgIpc) is 3.42. The van der Waals surface area contributed by atoms with Crippen molar-refractivity contribution in [3.05, 3.63) is 105 Å². The third kappa shape index (κ3) is 5.94. The summed E-state index contributed by atoms with van der Waals surface area (Å²) in [7, 11) is 0. The second kappa shape index (κ2) is 11.8. The van der Waals surface area contributed by atoms with E-state index in [1.807, 2.05) is 49.4 Å². The number of imidazole rings is 1. The highest BCUT2D eigenvalue weighted by Crippen LogP contribution is 2.31. The van der Waals surface area contributed by atoms with E-state index < -0.39 is 5.91 Å². The SMILES string of the molecule is CCC(=O)Nc1cc(-c2ccc(-c3nc4c(C(N)=O)cccc4[nH]3)cc2)cc(C(=O)NCc2c(C)cc(C)[nH]c2=O)c1C. The van der Waals surface area contributed by atoms with E-state index in [4.69, 9.17) is 5.73 Å². The number of nitrogens with two attached hydrogens (primary N) is 1. The van der Waals surface area contributed by atoms with Crippen molar-refractivity contribution in [3.8, 4) is 22.5 Å². The normalized spacial score (nSPS) is 11.0. The number of aromatic nitrogens is 3. The number of rotatable bonds is 8. The molecule has 0 atom stereocenters. The Bertz CT molecular complexity index is 1950. The summed E-state index contributed by atoms with van der Waals surface area (Å²) in [5.41, 5.74) is 12.7. The number of aryl methyl sites for hydroxylation is 2. The summed E-state index contributed by atoms with van der Waals surface area (Å²) in [6, 6.07) is 18.2. The number of nitrogens with one attached hydrogen (secondary N) is 4. The maximum Gasteiger partial charge on any atom is 0.253 e. The Labute approximate surface area is 247 Å². The molecule has 6 N–H and O–H groups in total. The highest BCUT2D eigenvalue weighted by Gasteiger charge is 2.18. The van der Waals surface area contributed by atoms with E-state index in [0.29, 0.717) is 44.8 Å². The van der Waals surface area contributed by atoms with Gasteiger partial charge >= 0.3 is 0 Å². The van der Waals surface area contributed by atoms with Crippen LogP contribution in [-0.4, -0.2) is 32.7 Å². The van der Waals surface area contributed by atoms with Crippen molar-refractivity contribution < 1.29 is 14.4 Å². The van der Waals surface area contributed by atoms with Crippen molar-refractivity contribution in [1.82, 2.24) is 20.3 Å². The van der Waals surface area contributed by atoms with Crippen LogP contribution in [0.1, 0.15) is 56.4 Å². The van der Waals surface area contributed by atoms with E-state index in [2.05, 4.69) is 25.6 Å². The molecular formula is C33H32N6O4. The fourth-order valence-corrected chi connectivity index (χ4v) is 5.04. The molecule has 0 aliphatic heterocycles. The van der Waals surface area contributed by atoms with Gasteiger partial charge in [0.1, 0.15) is 11.3 Å². The van der Waals surface area contributed by atoms with Crippen molar-refractivity contribution in [2.75, 3.05) is 5.32 Å². The van der Waals surface area contributed by atoms with E-state index >= 15 is 0 Å². The number of fused-ring (bicyclic) bond motifs is 1. The van der Waals surface area contributed by atoms with E-state index in [-0.39, 0.29) is 30.3 Å². The number of aromatic amines is 2. The predicted octanol–water partition coefficient (Wildman–Crippen LogP) is 4.89. The maximum atomic E-state index is 13.4. The summed E-state index contributed by atoms with van der Waals surface area (Å²) in [5, 5.41) is 5.77. The lowest BCUT2D eigenvalue weighted by Gasteiger charge is -2.16. The minimum atomic E-state index is -0.551. The first kappa shape index (κ1) is 29.0. The zero-order chi connectivity index (χ0) is 30.8. The molecule has 43 heavy (non-hydrogen) atoms. The van der Waals surface area contributed by atoms with Crippen molar-refractivity contribution in [2.24, 2.45) is 5.73 Å². The summed E-state index contributed by atoms with van der Waals surface area (Å²) >= 11 is 0. The van der Waals surface area contributed by atoms with Gasteiger partial charge in [0, 0.05) is 41.0 Å². The molecule has 5 rings (SSSR count). The van der Waals surface area contributed by atoms with Crippen LogP contribution >= 0.6 is 0 Å². The van der Waals surface area contributed by atoms with Crippen LogP contribution in [0.3, 0.4) is 0 Å². The number of primary amides is 1. The lowest BCUT2D eigenvalue weighted by molar-refractivity contribution is -0.115. The molecule has 10 nitrogen and oxygen atoms in total. The molecule has 5 aromatic rings. The Morgan fingerprint density at radius 3 is 2.28 bits per heavy atom. The maximum absolute atomic E-state index is 13.4. The van der Waals surface area contributed by atoms with Crippen LogP contribution < -0.4 is 21.9 Å². The summed E-state index contributed by atoms with van der Waals surface area (Å²) in [4.78, 5) is 60.7. The Morgan fingerprint density at radius 1 is 0.884 bits per heavy atom. The summed E-state index contributed by atoms with van der Waals surface area (Å²) in [6.45, 7) is 7.23. The van der Waals surface area contributed by atoms with E-state index in [9.17, 15) is 19.2 Å². The van der Waals surface area contributed by atoms with Crippen LogP contribution in [0, 0.1) is 20.8 Å². The number of para-hydroxylation sites is 1. The summed E-state index contributed by atoms with van der Waals surface area (Å²) in [5.74, 6) is -0.514. The Kier molecular flexibility index (Phi) is 7.94. The molecule has 0 radical (unpaired) electrons. The monoisotopic (exact) mass is 576 g/mol. The first-order valence-corrected chi connectivity index (χ1v) is 13.9. The fourth-order valence-electron chi connectivity index (χ4n) is 5.04. The van der Waals surface area contributed by atoms with Gasteiger partial charge in [0.05, 0.1) is 11.1 Å². The molecule has 0 bridgehead atoms. The van der Waals surface area contributed by atoms with E-state index in [1.165, 1.54) is 0 Å². The van der Waals surface area contributed by atoms with E-state index in [1.54, 1.807) is 39.0 Å². The molecule has 0 saturated carbocycles. The second-order valence-corrected chi connectivity index (χ2v) is 10.5.